The molecule has 1 aromatic heterocycles. The monoisotopic (exact) mass is 321 g/mol. The van der Waals surface area contributed by atoms with Gasteiger partial charge in [0.15, 0.2) is 0 Å². The van der Waals surface area contributed by atoms with Crippen LogP contribution in [0.3, 0.4) is 0 Å². The van der Waals surface area contributed by atoms with Crippen molar-refractivity contribution < 1.29 is 0 Å². The maximum atomic E-state index is 6.16. The SMILES string of the molecule is CC(C)(CCNC(C)(C)C)CCc1cc(Cl)sc1Cl. The first-order valence-corrected chi connectivity index (χ1v) is 8.35. The summed E-state index contributed by atoms with van der Waals surface area (Å²) in [6.07, 6.45) is 3.30. The average Bonchev–Trinajstić information content (AvgIpc) is 2.52. The third kappa shape index (κ3) is 6.99. The molecule has 0 amide bonds. The predicted molar refractivity (Wildman–Crippen MR) is 88.8 cm³/mol. The van der Waals surface area contributed by atoms with Crippen molar-refractivity contribution in [3.63, 3.8) is 0 Å². The van der Waals surface area contributed by atoms with Gasteiger partial charge in [0.2, 0.25) is 0 Å². The second-order valence-corrected chi connectivity index (χ2v) is 9.23. The van der Waals surface area contributed by atoms with Gasteiger partial charge in [-0.3, -0.25) is 0 Å². The van der Waals surface area contributed by atoms with Crippen molar-refractivity contribution >= 4 is 34.5 Å². The van der Waals surface area contributed by atoms with Gasteiger partial charge < -0.3 is 5.32 Å². The Kier molecular flexibility index (Phi) is 6.19. The Balaban J connectivity index is 2.40. The van der Waals surface area contributed by atoms with E-state index in [4.69, 9.17) is 23.2 Å². The fourth-order valence-electron chi connectivity index (χ4n) is 1.92. The molecule has 0 aliphatic rings. The fourth-order valence-corrected chi connectivity index (χ4v) is 3.46. The van der Waals surface area contributed by atoms with Crippen LogP contribution in [-0.4, -0.2) is 12.1 Å². The summed E-state index contributed by atoms with van der Waals surface area (Å²) in [6, 6.07) is 2.00. The van der Waals surface area contributed by atoms with Gasteiger partial charge in [0.1, 0.15) is 0 Å². The van der Waals surface area contributed by atoms with E-state index in [0.29, 0.717) is 5.41 Å². The number of nitrogens with one attached hydrogen (secondary N) is 1. The van der Waals surface area contributed by atoms with E-state index in [1.54, 1.807) is 0 Å². The predicted octanol–water partition coefficient (Wildman–Crippen LogP) is 5.79. The highest BCUT2D eigenvalue weighted by Crippen LogP contribution is 2.34. The van der Waals surface area contributed by atoms with Crippen LogP contribution in [0.2, 0.25) is 8.67 Å². The minimum Gasteiger partial charge on any atom is -0.312 e. The van der Waals surface area contributed by atoms with Crippen molar-refractivity contribution in [2.45, 2.75) is 59.4 Å². The molecule has 0 bridgehead atoms. The van der Waals surface area contributed by atoms with E-state index in [2.05, 4.69) is 39.9 Å². The van der Waals surface area contributed by atoms with E-state index in [1.165, 1.54) is 23.3 Å². The minimum absolute atomic E-state index is 0.195. The fraction of sp³-hybridized carbons (Fsp3) is 0.733. The van der Waals surface area contributed by atoms with Crippen molar-refractivity contribution in [1.29, 1.82) is 0 Å². The smallest absolute Gasteiger partial charge is 0.0976 e. The van der Waals surface area contributed by atoms with Crippen LogP contribution in [0, 0.1) is 5.41 Å². The first-order valence-electron chi connectivity index (χ1n) is 6.78. The van der Waals surface area contributed by atoms with Crippen molar-refractivity contribution in [2.75, 3.05) is 6.54 Å². The number of rotatable bonds is 6. The van der Waals surface area contributed by atoms with Crippen LogP contribution in [0.25, 0.3) is 0 Å². The molecule has 1 heterocycles. The molecule has 0 fully saturated rings. The zero-order valence-corrected chi connectivity index (χ0v) is 14.9. The van der Waals surface area contributed by atoms with Gasteiger partial charge in [-0.25, -0.2) is 0 Å². The summed E-state index contributed by atoms with van der Waals surface area (Å²) in [5, 5.41) is 3.55. The van der Waals surface area contributed by atoms with Crippen molar-refractivity contribution in [2.24, 2.45) is 5.41 Å². The van der Waals surface area contributed by atoms with E-state index in [9.17, 15) is 0 Å². The van der Waals surface area contributed by atoms with Crippen molar-refractivity contribution in [3.8, 4) is 0 Å². The van der Waals surface area contributed by atoms with E-state index in [-0.39, 0.29) is 5.54 Å². The van der Waals surface area contributed by atoms with Gasteiger partial charge in [0.05, 0.1) is 8.67 Å². The van der Waals surface area contributed by atoms with Crippen LogP contribution in [0.5, 0.6) is 0 Å². The van der Waals surface area contributed by atoms with Crippen molar-refractivity contribution in [3.05, 3.63) is 20.3 Å². The van der Waals surface area contributed by atoms with E-state index < -0.39 is 0 Å². The first kappa shape index (κ1) is 17.3. The first-order chi connectivity index (χ1) is 8.59. The second kappa shape index (κ2) is 6.80. The summed E-state index contributed by atoms with van der Waals surface area (Å²) < 4.78 is 1.63. The summed E-state index contributed by atoms with van der Waals surface area (Å²) in [5.41, 5.74) is 1.70. The molecule has 4 heteroatoms. The maximum Gasteiger partial charge on any atom is 0.0976 e. The topological polar surface area (TPSA) is 12.0 Å². The van der Waals surface area contributed by atoms with Crippen LogP contribution < -0.4 is 5.32 Å². The normalized spacial score (nSPS) is 13.0. The number of thiophene rings is 1. The molecule has 0 radical (unpaired) electrons. The van der Waals surface area contributed by atoms with Crippen molar-refractivity contribution in [1.82, 2.24) is 5.32 Å². The molecule has 0 aliphatic carbocycles. The Hall–Kier alpha value is 0.240. The average molecular weight is 322 g/mol. The Labute approximate surface area is 131 Å². The lowest BCUT2D eigenvalue weighted by molar-refractivity contribution is 0.284. The van der Waals surface area contributed by atoms with E-state index in [0.717, 1.165) is 28.1 Å². The molecule has 0 unspecified atom stereocenters. The Bertz CT molecular complexity index is 405. The van der Waals surface area contributed by atoms with Crippen LogP contribution in [-0.2, 0) is 6.42 Å². The molecule has 1 aromatic rings. The lowest BCUT2D eigenvalue weighted by Gasteiger charge is -2.28. The van der Waals surface area contributed by atoms with Gasteiger partial charge in [-0.05, 0) is 63.6 Å². The van der Waals surface area contributed by atoms with E-state index >= 15 is 0 Å². The summed E-state index contributed by atoms with van der Waals surface area (Å²) >= 11 is 13.6. The number of hydrogen-bond donors (Lipinski definition) is 1. The summed E-state index contributed by atoms with van der Waals surface area (Å²) in [5.74, 6) is 0. The van der Waals surface area contributed by atoms with Crippen LogP contribution >= 0.6 is 34.5 Å². The largest absolute Gasteiger partial charge is 0.312 e. The molecule has 0 aliphatic heterocycles. The molecule has 110 valence electrons. The quantitative estimate of drug-likeness (QED) is 0.699. The molecule has 0 saturated heterocycles. The molecule has 1 nitrogen and oxygen atoms in total. The standard InChI is InChI=1S/C15H25Cl2NS/c1-14(2,3)18-9-8-15(4,5)7-6-11-10-12(16)19-13(11)17/h10,18H,6-9H2,1-5H3. The summed E-state index contributed by atoms with van der Waals surface area (Å²) in [7, 11) is 0. The van der Waals surface area contributed by atoms with Gasteiger partial charge >= 0.3 is 0 Å². The molecule has 0 aromatic carbocycles. The highest BCUT2D eigenvalue weighted by Gasteiger charge is 2.20. The molecular weight excluding hydrogens is 297 g/mol. The molecular formula is C15H25Cl2NS. The van der Waals surface area contributed by atoms with Gasteiger partial charge in [-0.1, -0.05) is 37.0 Å². The molecule has 19 heavy (non-hydrogen) atoms. The molecule has 1 N–H and O–H groups in total. The molecule has 0 saturated carbocycles. The van der Waals surface area contributed by atoms with E-state index in [1.807, 2.05) is 6.07 Å². The third-order valence-electron chi connectivity index (χ3n) is 3.26. The zero-order chi connectivity index (χ0) is 14.7. The number of aryl methyl sites for hydroxylation is 1. The molecule has 0 atom stereocenters. The van der Waals surface area contributed by atoms with Gasteiger partial charge in [-0.2, -0.15) is 0 Å². The maximum absolute atomic E-state index is 6.16. The summed E-state index contributed by atoms with van der Waals surface area (Å²) in [6.45, 7) is 12.3. The Morgan fingerprint density at radius 3 is 2.21 bits per heavy atom. The van der Waals surface area contributed by atoms with Gasteiger partial charge in [-0.15, -0.1) is 11.3 Å². The van der Waals surface area contributed by atoms with Crippen LogP contribution in [0.1, 0.15) is 53.0 Å². The highest BCUT2D eigenvalue weighted by molar-refractivity contribution is 7.20. The third-order valence-corrected chi connectivity index (χ3v) is 4.82. The van der Waals surface area contributed by atoms with Gasteiger partial charge in [0, 0.05) is 5.54 Å². The highest BCUT2D eigenvalue weighted by atomic mass is 35.5. The Morgan fingerprint density at radius 1 is 1.11 bits per heavy atom. The van der Waals surface area contributed by atoms with Crippen LogP contribution in [0.4, 0.5) is 0 Å². The van der Waals surface area contributed by atoms with Gasteiger partial charge in [0.25, 0.3) is 0 Å². The number of hydrogen-bond acceptors (Lipinski definition) is 2. The number of halogens is 2. The lowest BCUT2D eigenvalue weighted by Crippen LogP contribution is -2.38. The Morgan fingerprint density at radius 2 is 1.74 bits per heavy atom. The molecule has 0 spiro atoms. The van der Waals surface area contributed by atoms with Crippen LogP contribution in [0.15, 0.2) is 6.07 Å². The second-order valence-electron chi connectivity index (χ2n) is 6.94. The minimum atomic E-state index is 0.195. The summed E-state index contributed by atoms with van der Waals surface area (Å²) in [4.78, 5) is 0. The zero-order valence-electron chi connectivity index (χ0n) is 12.6. The molecule has 1 rings (SSSR count). The lowest BCUT2D eigenvalue weighted by atomic mass is 9.83.